The van der Waals surface area contributed by atoms with E-state index in [4.69, 9.17) is 9.47 Å². The third-order valence-electron chi connectivity index (χ3n) is 7.10. The fraction of sp³-hybridized carbons (Fsp3) is 0.567. The van der Waals surface area contributed by atoms with Crippen LogP contribution in [0.25, 0.3) is 0 Å². The summed E-state index contributed by atoms with van der Waals surface area (Å²) in [6.45, 7) is 3.46. The van der Waals surface area contributed by atoms with E-state index < -0.39 is 0 Å². The molecule has 2 aromatic carbocycles. The van der Waals surface area contributed by atoms with Crippen LogP contribution in [0.4, 0.5) is 0 Å². The van der Waals surface area contributed by atoms with E-state index >= 15 is 0 Å². The molecule has 5 heteroatoms. The largest absolute Gasteiger partial charge is 0.494 e. The smallest absolute Gasteiger partial charge is 0.339 e. The van der Waals surface area contributed by atoms with Crippen LogP contribution in [-0.4, -0.2) is 19.2 Å². The summed E-state index contributed by atoms with van der Waals surface area (Å²) < 4.78 is 13.0. The normalized spacial score (nSPS) is 17.8. The molecular formula is C30H40Br2O3. The average molecular weight is 608 g/mol. The van der Waals surface area contributed by atoms with Crippen LogP contribution < -0.4 is 4.74 Å². The minimum atomic E-state index is -0.287. The van der Waals surface area contributed by atoms with E-state index in [-0.39, 0.29) is 5.97 Å². The lowest BCUT2D eigenvalue weighted by atomic mass is 9.77. The molecule has 3 rings (SSSR count). The van der Waals surface area contributed by atoms with Crippen LogP contribution in [0.5, 0.6) is 5.75 Å². The lowest BCUT2D eigenvalue weighted by molar-refractivity contribution is 0.0496. The summed E-state index contributed by atoms with van der Waals surface area (Å²) in [6.07, 6.45) is 15.0. The SMILES string of the molecule is CCCCCC1CCC(c2ccc(OCCCCCCOC(=O)c3cc(Br)ccc3Br)cc2)CC1. The quantitative estimate of drug-likeness (QED) is 0.158. The number of benzene rings is 2. The summed E-state index contributed by atoms with van der Waals surface area (Å²) in [6, 6.07) is 14.3. The van der Waals surface area contributed by atoms with E-state index in [0.29, 0.717) is 12.2 Å². The Morgan fingerprint density at radius 2 is 1.57 bits per heavy atom. The molecule has 0 aliphatic heterocycles. The first kappa shape index (κ1) is 28.2. The highest BCUT2D eigenvalue weighted by Gasteiger charge is 2.22. The zero-order valence-corrected chi connectivity index (χ0v) is 24.2. The molecule has 0 atom stereocenters. The molecule has 0 spiro atoms. The molecule has 2 aromatic rings. The molecule has 0 bridgehead atoms. The first-order valence-electron chi connectivity index (χ1n) is 13.4. The van der Waals surface area contributed by atoms with Crippen molar-refractivity contribution >= 4 is 37.8 Å². The minimum absolute atomic E-state index is 0.287. The number of halogens is 2. The number of ether oxygens (including phenoxy) is 2. The van der Waals surface area contributed by atoms with Crippen LogP contribution in [0.1, 0.15) is 106 Å². The minimum Gasteiger partial charge on any atom is -0.494 e. The molecule has 1 aliphatic carbocycles. The van der Waals surface area contributed by atoms with Crippen molar-refractivity contribution in [2.75, 3.05) is 13.2 Å². The van der Waals surface area contributed by atoms with Gasteiger partial charge in [-0.3, -0.25) is 0 Å². The first-order chi connectivity index (χ1) is 17.1. The molecule has 0 saturated heterocycles. The molecule has 0 N–H and O–H groups in total. The van der Waals surface area contributed by atoms with Crippen LogP contribution in [0.15, 0.2) is 51.4 Å². The van der Waals surface area contributed by atoms with Crippen LogP contribution in [-0.2, 0) is 4.74 Å². The van der Waals surface area contributed by atoms with Crippen LogP contribution in [0.2, 0.25) is 0 Å². The second-order valence-corrected chi connectivity index (χ2v) is 11.6. The Bertz CT molecular complexity index is 889. The summed E-state index contributed by atoms with van der Waals surface area (Å²) in [5.41, 5.74) is 2.03. The van der Waals surface area contributed by atoms with E-state index in [2.05, 4.69) is 63.0 Å². The van der Waals surface area contributed by atoms with Crippen molar-refractivity contribution in [1.82, 2.24) is 0 Å². The fourth-order valence-electron chi connectivity index (χ4n) is 4.95. The highest BCUT2D eigenvalue weighted by molar-refractivity contribution is 9.11. The average Bonchev–Trinajstić information content (AvgIpc) is 2.88. The zero-order valence-electron chi connectivity index (χ0n) is 21.1. The van der Waals surface area contributed by atoms with E-state index in [1.54, 1.807) is 6.07 Å². The number of unbranched alkanes of at least 4 members (excludes halogenated alkanes) is 5. The molecule has 0 unspecified atom stereocenters. The van der Waals surface area contributed by atoms with Gasteiger partial charge in [0.1, 0.15) is 5.75 Å². The molecule has 0 radical (unpaired) electrons. The monoisotopic (exact) mass is 606 g/mol. The molecule has 1 saturated carbocycles. The molecule has 0 heterocycles. The van der Waals surface area contributed by atoms with Gasteiger partial charge in [-0.1, -0.05) is 60.7 Å². The molecule has 1 aliphatic rings. The standard InChI is InChI=1S/C30H40Br2O3/c1-2-3-6-9-23-10-12-24(13-11-23)25-14-17-27(18-15-25)34-20-7-4-5-8-21-35-30(33)28-22-26(31)16-19-29(28)32/h14-19,22-24H,2-13,20-21H2,1H3. The van der Waals surface area contributed by atoms with Gasteiger partial charge in [0.25, 0.3) is 0 Å². The van der Waals surface area contributed by atoms with Crippen molar-refractivity contribution < 1.29 is 14.3 Å². The van der Waals surface area contributed by atoms with E-state index in [0.717, 1.165) is 58.8 Å². The summed E-state index contributed by atoms with van der Waals surface area (Å²) in [7, 11) is 0. The summed E-state index contributed by atoms with van der Waals surface area (Å²) in [5, 5.41) is 0. The Morgan fingerprint density at radius 1 is 0.857 bits per heavy atom. The highest BCUT2D eigenvalue weighted by Crippen LogP contribution is 2.38. The Kier molecular flexibility index (Phi) is 12.7. The van der Waals surface area contributed by atoms with Crippen molar-refractivity contribution in [1.29, 1.82) is 0 Å². The van der Waals surface area contributed by atoms with Gasteiger partial charge in [0, 0.05) is 8.95 Å². The van der Waals surface area contributed by atoms with E-state index in [1.807, 2.05) is 12.1 Å². The van der Waals surface area contributed by atoms with E-state index in [9.17, 15) is 4.79 Å². The number of carbonyl (C=O) groups is 1. The van der Waals surface area contributed by atoms with Gasteiger partial charge in [0.2, 0.25) is 0 Å². The lowest BCUT2D eigenvalue weighted by Gasteiger charge is -2.29. The third kappa shape index (κ3) is 9.92. The fourth-order valence-corrected chi connectivity index (χ4v) is 5.72. The lowest BCUT2D eigenvalue weighted by Crippen LogP contribution is -2.13. The predicted molar refractivity (Wildman–Crippen MR) is 151 cm³/mol. The van der Waals surface area contributed by atoms with E-state index in [1.165, 1.54) is 56.9 Å². The van der Waals surface area contributed by atoms with Crippen LogP contribution >= 0.6 is 31.9 Å². The molecule has 192 valence electrons. The number of rotatable bonds is 14. The molecule has 0 amide bonds. The van der Waals surface area contributed by atoms with Crippen LogP contribution in [0, 0.1) is 5.92 Å². The van der Waals surface area contributed by atoms with Gasteiger partial charge in [-0.15, -0.1) is 0 Å². The second kappa shape index (κ2) is 15.7. The summed E-state index contributed by atoms with van der Waals surface area (Å²) in [4.78, 5) is 12.2. The maximum atomic E-state index is 12.2. The Hall–Kier alpha value is -1.33. The molecule has 0 aromatic heterocycles. The summed E-state index contributed by atoms with van der Waals surface area (Å²) in [5.74, 6) is 2.37. The Labute approximate surface area is 228 Å². The van der Waals surface area contributed by atoms with Crippen LogP contribution in [0.3, 0.4) is 0 Å². The van der Waals surface area contributed by atoms with Gasteiger partial charge in [-0.2, -0.15) is 0 Å². The van der Waals surface area contributed by atoms with Gasteiger partial charge >= 0.3 is 5.97 Å². The Balaban J connectivity index is 1.24. The molecule has 3 nitrogen and oxygen atoms in total. The maximum absolute atomic E-state index is 12.2. The van der Waals surface area contributed by atoms with Gasteiger partial charge in [0.05, 0.1) is 18.8 Å². The molecule has 1 fully saturated rings. The number of hydrogen-bond donors (Lipinski definition) is 0. The van der Waals surface area contributed by atoms with Gasteiger partial charge in [-0.05, 0) is 115 Å². The Morgan fingerprint density at radius 3 is 2.29 bits per heavy atom. The number of esters is 1. The molecular weight excluding hydrogens is 568 g/mol. The number of hydrogen-bond acceptors (Lipinski definition) is 3. The molecule has 35 heavy (non-hydrogen) atoms. The summed E-state index contributed by atoms with van der Waals surface area (Å²) >= 11 is 6.79. The second-order valence-electron chi connectivity index (χ2n) is 9.81. The highest BCUT2D eigenvalue weighted by atomic mass is 79.9. The van der Waals surface area contributed by atoms with Crippen molar-refractivity contribution in [2.24, 2.45) is 5.92 Å². The maximum Gasteiger partial charge on any atom is 0.339 e. The van der Waals surface area contributed by atoms with Crippen molar-refractivity contribution in [3.63, 3.8) is 0 Å². The van der Waals surface area contributed by atoms with Crippen molar-refractivity contribution in [3.8, 4) is 5.75 Å². The zero-order chi connectivity index (χ0) is 24.9. The first-order valence-corrected chi connectivity index (χ1v) is 15.0. The van der Waals surface area contributed by atoms with Gasteiger partial charge < -0.3 is 9.47 Å². The van der Waals surface area contributed by atoms with Gasteiger partial charge in [-0.25, -0.2) is 4.79 Å². The third-order valence-corrected chi connectivity index (χ3v) is 8.29. The van der Waals surface area contributed by atoms with Gasteiger partial charge in [0.15, 0.2) is 0 Å². The van der Waals surface area contributed by atoms with Crippen molar-refractivity contribution in [2.45, 2.75) is 89.9 Å². The topological polar surface area (TPSA) is 35.5 Å². The van der Waals surface area contributed by atoms with Crippen molar-refractivity contribution in [3.05, 3.63) is 62.5 Å². The number of carbonyl (C=O) groups excluding carboxylic acids is 1. The predicted octanol–water partition coefficient (Wildman–Crippen LogP) is 9.86.